The minimum absolute atomic E-state index is 0.116. The third-order valence-electron chi connectivity index (χ3n) is 4.67. The van der Waals surface area contributed by atoms with Gasteiger partial charge in [-0.2, -0.15) is 5.10 Å². The zero-order chi connectivity index (χ0) is 19.8. The minimum Gasteiger partial charge on any atom is -0.271 e. The van der Waals surface area contributed by atoms with E-state index in [1.165, 1.54) is 11.1 Å². The number of hydrogen-bond donors (Lipinski definition) is 3. The predicted octanol–water partition coefficient (Wildman–Crippen LogP) is 3.61. The fraction of sp³-hybridized carbons (Fsp3) is 0.304. The largest absolute Gasteiger partial charge is 0.271 e. The summed E-state index contributed by atoms with van der Waals surface area (Å²) in [6.07, 6.45) is 7.09. The SMILES string of the molecule is CC(C)Cc1ccc(C2CC(C(=O)N/N=C/C=C/c3ccccc3)NN2)cc1. The Hall–Kier alpha value is -2.76. The van der Waals surface area contributed by atoms with Crippen LogP contribution in [0.5, 0.6) is 0 Å². The Morgan fingerprint density at radius 1 is 1.14 bits per heavy atom. The van der Waals surface area contributed by atoms with Gasteiger partial charge in [0.2, 0.25) is 0 Å². The molecule has 1 aliphatic rings. The van der Waals surface area contributed by atoms with Crippen molar-refractivity contribution in [1.82, 2.24) is 16.3 Å². The van der Waals surface area contributed by atoms with Crippen molar-refractivity contribution in [1.29, 1.82) is 0 Å². The topological polar surface area (TPSA) is 65.5 Å². The molecule has 1 saturated heterocycles. The maximum absolute atomic E-state index is 12.3. The number of carbonyl (C=O) groups excluding carboxylic acids is 1. The molecule has 3 rings (SSSR count). The van der Waals surface area contributed by atoms with Gasteiger partial charge in [-0.1, -0.05) is 74.5 Å². The van der Waals surface area contributed by atoms with Crippen molar-refractivity contribution in [2.45, 2.75) is 38.8 Å². The van der Waals surface area contributed by atoms with Crippen LogP contribution in [0.1, 0.15) is 43.0 Å². The highest BCUT2D eigenvalue weighted by atomic mass is 16.2. The second-order valence-electron chi connectivity index (χ2n) is 7.49. The zero-order valence-electron chi connectivity index (χ0n) is 16.4. The summed E-state index contributed by atoms with van der Waals surface area (Å²) >= 11 is 0. The minimum atomic E-state index is -0.310. The second-order valence-corrected chi connectivity index (χ2v) is 7.49. The molecule has 28 heavy (non-hydrogen) atoms. The number of hydrazone groups is 1. The lowest BCUT2D eigenvalue weighted by Gasteiger charge is -2.11. The molecule has 5 heteroatoms. The van der Waals surface area contributed by atoms with Crippen LogP contribution in [0.15, 0.2) is 65.8 Å². The first-order valence-electron chi connectivity index (χ1n) is 9.76. The second kappa shape index (κ2) is 9.97. The molecule has 146 valence electrons. The normalized spacial score (nSPS) is 19.7. The van der Waals surface area contributed by atoms with E-state index in [-0.39, 0.29) is 18.0 Å². The number of allylic oxidation sites excluding steroid dienone is 1. The van der Waals surface area contributed by atoms with E-state index in [2.05, 4.69) is 59.5 Å². The quantitative estimate of drug-likeness (QED) is 0.511. The van der Waals surface area contributed by atoms with Crippen molar-refractivity contribution in [3.05, 3.63) is 77.4 Å². The van der Waals surface area contributed by atoms with Crippen LogP contribution in [0.4, 0.5) is 0 Å². The fourth-order valence-corrected chi connectivity index (χ4v) is 3.24. The number of hydrazine groups is 1. The lowest BCUT2D eigenvalue weighted by atomic mass is 9.97. The van der Waals surface area contributed by atoms with Crippen molar-refractivity contribution >= 4 is 18.2 Å². The van der Waals surface area contributed by atoms with Gasteiger partial charge in [-0.25, -0.2) is 16.3 Å². The average Bonchev–Trinajstić information content (AvgIpc) is 3.19. The number of nitrogens with zero attached hydrogens (tertiary/aromatic N) is 1. The van der Waals surface area contributed by atoms with E-state index < -0.39 is 0 Å². The van der Waals surface area contributed by atoms with Crippen LogP contribution in [0.2, 0.25) is 0 Å². The molecule has 0 saturated carbocycles. The maximum atomic E-state index is 12.3. The Labute approximate surface area is 166 Å². The van der Waals surface area contributed by atoms with Crippen LogP contribution < -0.4 is 16.3 Å². The van der Waals surface area contributed by atoms with Gasteiger partial charge in [0.15, 0.2) is 0 Å². The van der Waals surface area contributed by atoms with Crippen LogP contribution in [-0.4, -0.2) is 18.2 Å². The van der Waals surface area contributed by atoms with E-state index in [1.54, 1.807) is 12.3 Å². The maximum Gasteiger partial charge on any atom is 0.258 e. The summed E-state index contributed by atoms with van der Waals surface area (Å²) in [5.74, 6) is 0.504. The van der Waals surface area contributed by atoms with E-state index in [1.807, 2.05) is 36.4 Å². The summed E-state index contributed by atoms with van der Waals surface area (Å²) < 4.78 is 0. The number of carbonyl (C=O) groups is 1. The molecule has 1 fully saturated rings. The van der Waals surface area contributed by atoms with Crippen molar-refractivity contribution in [3.8, 4) is 0 Å². The standard InChI is InChI=1S/C23H28N4O/c1-17(2)15-19-10-12-20(13-11-19)21-16-22(26-25-21)23(28)27-24-14-6-9-18-7-4-3-5-8-18/h3-14,17,21-22,25-26H,15-16H2,1-2H3,(H,27,28)/b9-6+,24-14+. The van der Waals surface area contributed by atoms with Gasteiger partial charge >= 0.3 is 0 Å². The lowest BCUT2D eigenvalue weighted by molar-refractivity contribution is -0.122. The van der Waals surface area contributed by atoms with E-state index in [0.717, 1.165) is 12.0 Å². The predicted molar refractivity (Wildman–Crippen MR) is 115 cm³/mol. The van der Waals surface area contributed by atoms with E-state index in [9.17, 15) is 4.79 Å². The van der Waals surface area contributed by atoms with Crippen molar-refractivity contribution in [2.24, 2.45) is 11.0 Å². The first-order chi connectivity index (χ1) is 13.6. The average molecular weight is 377 g/mol. The van der Waals surface area contributed by atoms with Gasteiger partial charge in [-0.15, -0.1) is 0 Å². The molecule has 2 atom stereocenters. The molecule has 0 radical (unpaired) electrons. The van der Waals surface area contributed by atoms with Crippen LogP contribution in [-0.2, 0) is 11.2 Å². The van der Waals surface area contributed by atoms with E-state index >= 15 is 0 Å². The third kappa shape index (κ3) is 5.87. The highest BCUT2D eigenvalue weighted by molar-refractivity contribution is 5.84. The molecule has 0 bridgehead atoms. The molecule has 3 N–H and O–H groups in total. The number of benzene rings is 2. The molecule has 1 aliphatic heterocycles. The van der Waals surface area contributed by atoms with Crippen LogP contribution in [0.25, 0.3) is 6.08 Å². The van der Waals surface area contributed by atoms with Crippen molar-refractivity contribution in [2.75, 3.05) is 0 Å². The third-order valence-corrected chi connectivity index (χ3v) is 4.67. The van der Waals surface area contributed by atoms with Crippen molar-refractivity contribution < 1.29 is 4.79 Å². The highest BCUT2D eigenvalue weighted by Gasteiger charge is 2.29. The molecule has 0 spiro atoms. The van der Waals surface area contributed by atoms with Crippen LogP contribution in [0, 0.1) is 5.92 Å². The Morgan fingerprint density at radius 2 is 1.89 bits per heavy atom. The van der Waals surface area contributed by atoms with Gasteiger partial charge in [0, 0.05) is 12.3 Å². The fourth-order valence-electron chi connectivity index (χ4n) is 3.24. The molecular formula is C23H28N4O. The summed E-state index contributed by atoms with van der Waals surface area (Å²) in [5.41, 5.74) is 12.5. The molecular weight excluding hydrogens is 348 g/mol. The van der Waals surface area contributed by atoms with Gasteiger partial charge in [0.1, 0.15) is 6.04 Å². The molecule has 2 unspecified atom stereocenters. The molecule has 2 aromatic rings. The van der Waals surface area contributed by atoms with Crippen LogP contribution >= 0.6 is 0 Å². The number of nitrogens with one attached hydrogen (secondary N) is 3. The molecule has 0 aliphatic carbocycles. The first-order valence-corrected chi connectivity index (χ1v) is 9.76. The zero-order valence-corrected chi connectivity index (χ0v) is 16.4. The van der Waals surface area contributed by atoms with E-state index in [0.29, 0.717) is 12.3 Å². The number of rotatable bonds is 7. The summed E-state index contributed by atoms with van der Waals surface area (Å²) in [5, 5.41) is 3.99. The van der Waals surface area contributed by atoms with Gasteiger partial charge in [0.25, 0.3) is 5.91 Å². The molecule has 0 aromatic heterocycles. The van der Waals surface area contributed by atoms with Gasteiger partial charge in [0.05, 0.1) is 0 Å². The molecule has 1 amide bonds. The monoisotopic (exact) mass is 376 g/mol. The molecule has 2 aromatic carbocycles. The highest BCUT2D eigenvalue weighted by Crippen LogP contribution is 2.23. The van der Waals surface area contributed by atoms with Gasteiger partial charge in [-0.3, -0.25) is 4.79 Å². The Balaban J connectivity index is 1.46. The summed E-state index contributed by atoms with van der Waals surface area (Å²) in [6, 6.07) is 18.4. The van der Waals surface area contributed by atoms with Gasteiger partial charge in [-0.05, 0) is 41.5 Å². The summed E-state index contributed by atoms with van der Waals surface area (Å²) in [6.45, 7) is 4.44. The Morgan fingerprint density at radius 3 is 2.61 bits per heavy atom. The first kappa shape index (κ1) is 20.0. The van der Waals surface area contributed by atoms with Gasteiger partial charge < -0.3 is 0 Å². The molecule has 1 heterocycles. The smallest absolute Gasteiger partial charge is 0.258 e. The summed E-state index contributed by atoms with van der Waals surface area (Å²) in [4.78, 5) is 12.3. The number of hydrogen-bond acceptors (Lipinski definition) is 4. The van der Waals surface area contributed by atoms with Crippen LogP contribution in [0.3, 0.4) is 0 Å². The van der Waals surface area contributed by atoms with Crippen molar-refractivity contribution in [3.63, 3.8) is 0 Å². The Bertz CT molecular complexity index is 812. The lowest BCUT2D eigenvalue weighted by Crippen LogP contribution is -2.41. The Kier molecular flexibility index (Phi) is 7.12. The molecule has 5 nitrogen and oxygen atoms in total. The summed E-state index contributed by atoms with van der Waals surface area (Å²) in [7, 11) is 0. The number of amides is 1. The van der Waals surface area contributed by atoms with E-state index in [4.69, 9.17) is 0 Å².